The first-order valence-electron chi connectivity index (χ1n) is 4.49. The Balaban J connectivity index is 2.61. The maximum Gasteiger partial charge on any atom is 0.409 e. The standard InChI is InChI=1S/C9H12N2O4S/c1-16(14,15)5-4-7-2-3-8(6-10-7)11-9(12)13/h2-3,6,11H,4-5H2,1H3,(H,12,13). The van der Waals surface area contributed by atoms with Gasteiger partial charge in [0.15, 0.2) is 0 Å². The molecular weight excluding hydrogens is 232 g/mol. The normalized spacial score (nSPS) is 11.1. The molecule has 16 heavy (non-hydrogen) atoms. The van der Waals surface area contributed by atoms with Crippen LogP contribution in [0.2, 0.25) is 0 Å². The number of rotatable bonds is 4. The van der Waals surface area contributed by atoms with Crippen molar-refractivity contribution in [2.45, 2.75) is 6.42 Å². The van der Waals surface area contributed by atoms with Gasteiger partial charge in [0.25, 0.3) is 0 Å². The molecule has 1 heterocycles. The monoisotopic (exact) mass is 244 g/mol. The largest absolute Gasteiger partial charge is 0.465 e. The fraction of sp³-hybridized carbons (Fsp3) is 0.333. The van der Waals surface area contributed by atoms with Gasteiger partial charge < -0.3 is 5.11 Å². The van der Waals surface area contributed by atoms with Gasteiger partial charge in [0.05, 0.1) is 17.6 Å². The van der Waals surface area contributed by atoms with Crippen LogP contribution < -0.4 is 5.32 Å². The molecule has 0 atom stereocenters. The van der Waals surface area contributed by atoms with Gasteiger partial charge in [0, 0.05) is 18.4 Å². The molecule has 7 heteroatoms. The summed E-state index contributed by atoms with van der Waals surface area (Å²) in [6.45, 7) is 0. The van der Waals surface area contributed by atoms with Crippen LogP contribution in [0.4, 0.5) is 10.5 Å². The summed E-state index contributed by atoms with van der Waals surface area (Å²) in [5, 5.41) is 10.6. The third-order valence-corrected chi connectivity index (χ3v) is 2.75. The summed E-state index contributed by atoms with van der Waals surface area (Å²) < 4.78 is 21.8. The Bertz CT molecular complexity index is 467. The number of amides is 1. The molecule has 0 aliphatic rings. The summed E-state index contributed by atoms with van der Waals surface area (Å²) in [6, 6.07) is 3.13. The fourth-order valence-electron chi connectivity index (χ4n) is 1.06. The average molecular weight is 244 g/mol. The molecule has 0 aliphatic carbocycles. The second-order valence-electron chi connectivity index (χ2n) is 3.35. The summed E-state index contributed by atoms with van der Waals surface area (Å²) in [7, 11) is -3.00. The Hall–Kier alpha value is -1.63. The SMILES string of the molecule is CS(=O)(=O)CCc1ccc(NC(=O)O)cn1. The first kappa shape index (κ1) is 12.4. The molecule has 1 rings (SSSR count). The van der Waals surface area contributed by atoms with E-state index in [4.69, 9.17) is 5.11 Å². The maximum atomic E-state index is 10.9. The highest BCUT2D eigenvalue weighted by Gasteiger charge is 2.04. The summed E-state index contributed by atoms with van der Waals surface area (Å²) in [6.07, 6.45) is 1.68. The van der Waals surface area contributed by atoms with Crippen molar-refractivity contribution < 1.29 is 18.3 Å². The highest BCUT2D eigenvalue weighted by atomic mass is 32.2. The Morgan fingerprint density at radius 1 is 1.50 bits per heavy atom. The third kappa shape index (κ3) is 4.74. The number of nitrogens with zero attached hydrogens (tertiary/aromatic N) is 1. The maximum absolute atomic E-state index is 10.9. The molecule has 88 valence electrons. The lowest BCUT2D eigenvalue weighted by molar-refractivity contribution is 0.209. The minimum absolute atomic E-state index is 0.0334. The van der Waals surface area contributed by atoms with Crippen LogP contribution in [0, 0.1) is 0 Å². The van der Waals surface area contributed by atoms with Gasteiger partial charge in [0.1, 0.15) is 9.84 Å². The van der Waals surface area contributed by atoms with Crippen molar-refractivity contribution in [2.24, 2.45) is 0 Å². The van der Waals surface area contributed by atoms with Crippen molar-refractivity contribution >= 4 is 21.6 Å². The Morgan fingerprint density at radius 2 is 2.19 bits per heavy atom. The zero-order chi connectivity index (χ0) is 12.2. The van der Waals surface area contributed by atoms with Gasteiger partial charge in [-0.05, 0) is 12.1 Å². The number of aromatic nitrogens is 1. The molecule has 1 aromatic heterocycles. The molecule has 0 aromatic carbocycles. The molecule has 6 nitrogen and oxygen atoms in total. The van der Waals surface area contributed by atoms with Gasteiger partial charge in [-0.25, -0.2) is 13.2 Å². The molecule has 1 aromatic rings. The Morgan fingerprint density at radius 3 is 2.62 bits per heavy atom. The lowest BCUT2D eigenvalue weighted by Gasteiger charge is -2.02. The van der Waals surface area contributed by atoms with Crippen molar-refractivity contribution in [3.8, 4) is 0 Å². The van der Waals surface area contributed by atoms with Crippen LogP contribution in [0.3, 0.4) is 0 Å². The number of pyridine rings is 1. The lowest BCUT2D eigenvalue weighted by atomic mass is 10.3. The fourth-order valence-corrected chi connectivity index (χ4v) is 1.64. The molecule has 1 amide bonds. The van der Waals surface area contributed by atoms with E-state index in [1.807, 2.05) is 0 Å². The number of hydrogen-bond donors (Lipinski definition) is 2. The first-order chi connectivity index (χ1) is 7.37. The number of carbonyl (C=O) groups is 1. The first-order valence-corrected chi connectivity index (χ1v) is 6.55. The van der Waals surface area contributed by atoms with Gasteiger partial charge in [-0.3, -0.25) is 10.3 Å². The van der Waals surface area contributed by atoms with E-state index in [0.717, 1.165) is 6.26 Å². The van der Waals surface area contributed by atoms with Crippen molar-refractivity contribution in [3.63, 3.8) is 0 Å². The molecule has 0 saturated carbocycles. The van der Waals surface area contributed by atoms with E-state index >= 15 is 0 Å². The van der Waals surface area contributed by atoms with E-state index in [9.17, 15) is 13.2 Å². The van der Waals surface area contributed by atoms with Crippen LogP contribution in [-0.2, 0) is 16.3 Å². The van der Waals surface area contributed by atoms with Gasteiger partial charge >= 0.3 is 6.09 Å². The number of sulfone groups is 1. The van der Waals surface area contributed by atoms with Gasteiger partial charge in [0.2, 0.25) is 0 Å². The number of nitrogens with one attached hydrogen (secondary N) is 1. The highest BCUT2D eigenvalue weighted by Crippen LogP contribution is 2.06. The molecular formula is C9H12N2O4S. The van der Waals surface area contributed by atoms with E-state index < -0.39 is 15.9 Å². The third-order valence-electron chi connectivity index (χ3n) is 1.81. The topological polar surface area (TPSA) is 96.4 Å². The molecule has 0 saturated heterocycles. The zero-order valence-electron chi connectivity index (χ0n) is 8.67. The number of aryl methyl sites for hydroxylation is 1. The van der Waals surface area contributed by atoms with E-state index in [0.29, 0.717) is 17.8 Å². The van der Waals surface area contributed by atoms with Crippen molar-refractivity contribution in [1.29, 1.82) is 0 Å². The number of carboxylic acid groups (broad SMARTS) is 1. The summed E-state index contributed by atoms with van der Waals surface area (Å²) in [5.74, 6) is 0.0334. The summed E-state index contributed by atoms with van der Waals surface area (Å²) >= 11 is 0. The minimum atomic E-state index is -3.00. The van der Waals surface area contributed by atoms with Crippen molar-refractivity contribution in [2.75, 3.05) is 17.3 Å². The molecule has 0 fully saturated rings. The molecule has 0 bridgehead atoms. The molecule has 0 unspecified atom stereocenters. The van der Waals surface area contributed by atoms with E-state index in [-0.39, 0.29) is 5.75 Å². The Labute approximate surface area is 93.2 Å². The van der Waals surface area contributed by atoms with Gasteiger partial charge in [-0.15, -0.1) is 0 Å². The van der Waals surface area contributed by atoms with Gasteiger partial charge in [-0.2, -0.15) is 0 Å². The predicted octanol–water partition coefficient (Wildman–Crippen LogP) is 0.759. The van der Waals surface area contributed by atoms with E-state index in [1.165, 1.54) is 6.20 Å². The second-order valence-corrected chi connectivity index (χ2v) is 5.61. The van der Waals surface area contributed by atoms with E-state index in [1.54, 1.807) is 12.1 Å². The van der Waals surface area contributed by atoms with Crippen molar-refractivity contribution in [1.82, 2.24) is 4.98 Å². The van der Waals surface area contributed by atoms with Crippen LogP contribution in [0.1, 0.15) is 5.69 Å². The quantitative estimate of drug-likeness (QED) is 0.815. The number of anilines is 1. The van der Waals surface area contributed by atoms with E-state index in [2.05, 4.69) is 10.3 Å². The zero-order valence-corrected chi connectivity index (χ0v) is 9.49. The summed E-state index contributed by atoms with van der Waals surface area (Å²) in [5.41, 5.74) is 0.969. The molecule has 2 N–H and O–H groups in total. The molecule has 0 spiro atoms. The Kier molecular flexibility index (Phi) is 3.83. The second kappa shape index (κ2) is 4.93. The van der Waals surface area contributed by atoms with Crippen molar-refractivity contribution in [3.05, 3.63) is 24.0 Å². The van der Waals surface area contributed by atoms with Crippen LogP contribution in [-0.4, -0.2) is 36.6 Å². The minimum Gasteiger partial charge on any atom is -0.465 e. The average Bonchev–Trinajstić information content (AvgIpc) is 2.14. The lowest BCUT2D eigenvalue weighted by Crippen LogP contribution is -2.09. The van der Waals surface area contributed by atoms with Crippen LogP contribution in [0.25, 0.3) is 0 Å². The van der Waals surface area contributed by atoms with Crippen LogP contribution in [0.15, 0.2) is 18.3 Å². The summed E-state index contributed by atoms with van der Waals surface area (Å²) in [4.78, 5) is 14.2. The highest BCUT2D eigenvalue weighted by molar-refractivity contribution is 7.90. The number of hydrogen-bond acceptors (Lipinski definition) is 4. The van der Waals surface area contributed by atoms with Gasteiger partial charge in [-0.1, -0.05) is 0 Å². The van der Waals surface area contributed by atoms with Crippen LogP contribution >= 0.6 is 0 Å². The smallest absolute Gasteiger partial charge is 0.409 e. The van der Waals surface area contributed by atoms with Crippen LogP contribution in [0.5, 0.6) is 0 Å². The molecule has 0 aliphatic heterocycles. The predicted molar refractivity (Wildman–Crippen MR) is 59.3 cm³/mol. The molecule has 0 radical (unpaired) electrons.